The van der Waals surface area contributed by atoms with E-state index in [0.29, 0.717) is 8.95 Å². The zero-order valence-corrected chi connectivity index (χ0v) is 13.1. The first-order valence-electron chi connectivity index (χ1n) is 5.05. The van der Waals surface area contributed by atoms with Crippen LogP contribution in [0.4, 0.5) is 0 Å². The summed E-state index contributed by atoms with van der Waals surface area (Å²) in [5.74, 6) is 0. The van der Waals surface area contributed by atoms with Gasteiger partial charge in [0.15, 0.2) is 0 Å². The van der Waals surface area contributed by atoms with Gasteiger partial charge in [0.2, 0.25) is 10.0 Å². The fourth-order valence-electron chi connectivity index (χ4n) is 1.41. The third-order valence-electron chi connectivity index (χ3n) is 2.31. The first kappa shape index (κ1) is 13.8. The summed E-state index contributed by atoms with van der Waals surface area (Å²) in [5, 5.41) is 0. The predicted molar refractivity (Wildman–Crippen MR) is 76.7 cm³/mol. The number of sulfonamides is 1. The molecule has 0 aliphatic heterocycles. The van der Waals surface area contributed by atoms with Gasteiger partial charge in [0.25, 0.3) is 0 Å². The number of H-pyrrole nitrogens is 1. The van der Waals surface area contributed by atoms with E-state index < -0.39 is 10.0 Å². The van der Waals surface area contributed by atoms with Gasteiger partial charge in [-0.05, 0) is 45.8 Å². The van der Waals surface area contributed by atoms with Crippen molar-refractivity contribution in [1.82, 2.24) is 9.71 Å². The van der Waals surface area contributed by atoms with Crippen molar-refractivity contribution in [3.8, 4) is 0 Å². The lowest BCUT2D eigenvalue weighted by Crippen LogP contribution is -2.23. The molecule has 0 amide bonds. The van der Waals surface area contributed by atoms with E-state index in [1.165, 1.54) is 0 Å². The summed E-state index contributed by atoms with van der Waals surface area (Å²) in [6, 6.07) is 6.84. The Morgan fingerprint density at radius 2 is 2.00 bits per heavy atom. The molecule has 0 bridgehead atoms. The van der Waals surface area contributed by atoms with Crippen LogP contribution in [-0.4, -0.2) is 13.4 Å². The highest BCUT2D eigenvalue weighted by Gasteiger charge is 2.17. The number of halogens is 2. The molecule has 0 atom stereocenters. The molecular formula is C11H10Br2N2O2S. The Morgan fingerprint density at radius 3 is 2.67 bits per heavy atom. The zero-order valence-electron chi connectivity index (χ0n) is 9.15. The molecule has 0 unspecified atom stereocenters. The van der Waals surface area contributed by atoms with E-state index in [1.54, 1.807) is 30.6 Å². The van der Waals surface area contributed by atoms with Gasteiger partial charge in [0.1, 0.15) is 0 Å². The molecule has 7 heteroatoms. The Labute approximate surface area is 122 Å². The van der Waals surface area contributed by atoms with Gasteiger partial charge in [-0.3, -0.25) is 0 Å². The van der Waals surface area contributed by atoms with Crippen molar-refractivity contribution in [1.29, 1.82) is 0 Å². The van der Waals surface area contributed by atoms with Crippen molar-refractivity contribution in [2.45, 2.75) is 11.4 Å². The summed E-state index contributed by atoms with van der Waals surface area (Å²) >= 11 is 6.50. The lowest BCUT2D eigenvalue weighted by atomic mass is 10.4. The summed E-state index contributed by atoms with van der Waals surface area (Å²) in [4.78, 5) is 3.09. The lowest BCUT2D eigenvalue weighted by molar-refractivity contribution is 0.581. The predicted octanol–water partition coefficient (Wildman–Crippen LogP) is 3.02. The van der Waals surface area contributed by atoms with Gasteiger partial charge in [-0.15, -0.1) is 0 Å². The van der Waals surface area contributed by atoms with Crippen LogP contribution < -0.4 is 4.72 Å². The molecule has 0 saturated carbocycles. The number of nitrogens with one attached hydrogen (secondary N) is 2. The standard InChI is InChI=1S/C11H10Br2N2O2S/c12-9-1-2-10(13)11(5-9)18(16,17)15-7-8-3-4-14-6-8/h1-6,14-15H,7H2. The lowest BCUT2D eigenvalue weighted by Gasteiger charge is -2.08. The maximum Gasteiger partial charge on any atom is 0.242 e. The minimum absolute atomic E-state index is 0.215. The van der Waals surface area contributed by atoms with Crippen LogP contribution in [0.3, 0.4) is 0 Å². The summed E-state index contributed by atoms with van der Waals surface area (Å²) < 4.78 is 28.1. The van der Waals surface area contributed by atoms with Crippen molar-refractivity contribution in [3.05, 3.63) is 51.2 Å². The third-order valence-corrected chi connectivity index (χ3v) is 5.20. The van der Waals surface area contributed by atoms with Gasteiger partial charge in [-0.25, -0.2) is 13.1 Å². The van der Waals surface area contributed by atoms with Crippen LogP contribution in [0.1, 0.15) is 5.56 Å². The van der Waals surface area contributed by atoms with Gasteiger partial charge in [0, 0.05) is 27.9 Å². The molecule has 0 aliphatic rings. The van der Waals surface area contributed by atoms with Gasteiger partial charge in [0.05, 0.1) is 4.90 Å². The summed E-state index contributed by atoms with van der Waals surface area (Å²) in [6.45, 7) is 0.255. The molecule has 0 spiro atoms. The van der Waals surface area contributed by atoms with Crippen molar-refractivity contribution in [2.75, 3.05) is 0 Å². The van der Waals surface area contributed by atoms with Crippen LogP contribution in [-0.2, 0) is 16.6 Å². The second-order valence-corrected chi connectivity index (χ2v) is 7.12. The van der Waals surface area contributed by atoms with Crippen molar-refractivity contribution < 1.29 is 8.42 Å². The number of benzene rings is 1. The molecule has 1 aromatic carbocycles. The molecule has 0 radical (unpaired) electrons. The van der Waals surface area contributed by atoms with Crippen LogP contribution in [0.25, 0.3) is 0 Å². The molecule has 4 nitrogen and oxygen atoms in total. The number of aromatic amines is 1. The topological polar surface area (TPSA) is 62.0 Å². The summed E-state index contributed by atoms with van der Waals surface area (Å²) in [5.41, 5.74) is 0.879. The number of hydrogen-bond acceptors (Lipinski definition) is 2. The van der Waals surface area contributed by atoms with Crippen molar-refractivity contribution >= 4 is 41.9 Å². The first-order valence-corrected chi connectivity index (χ1v) is 8.12. The fraction of sp³-hybridized carbons (Fsp3) is 0.0909. The Hall–Kier alpha value is -0.630. The maximum absolute atomic E-state index is 12.1. The Balaban J connectivity index is 2.22. The summed E-state index contributed by atoms with van der Waals surface area (Å²) in [7, 11) is -3.53. The summed E-state index contributed by atoms with van der Waals surface area (Å²) in [6.07, 6.45) is 3.50. The molecule has 2 N–H and O–H groups in total. The van der Waals surface area contributed by atoms with E-state index in [2.05, 4.69) is 41.6 Å². The molecule has 0 saturated heterocycles. The van der Waals surface area contributed by atoms with Gasteiger partial charge in [-0.2, -0.15) is 0 Å². The Bertz CT molecular complexity index is 639. The first-order chi connectivity index (χ1) is 8.49. The van der Waals surface area contributed by atoms with E-state index in [9.17, 15) is 8.42 Å². The molecule has 1 aromatic heterocycles. The monoisotopic (exact) mass is 392 g/mol. The van der Waals surface area contributed by atoms with E-state index in [0.717, 1.165) is 5.56 Å². The van der Waals surface area contributed by atoms with Gasteiger partial charge in [-0.1, -0.05) is 15.9 Å². The second-order valence-electron chi connectivity index (χ2n) is 3.62. The zero-order chi connectivity index (χ0) is 13.2. The largest absolute Gasteiger partial charge is 0.367 e. The minimum Gasteiger partial charge on any atom is -0.367 e. The molecule has 0 fully saturated rings. The highest BCUT2D eigenvalue weighted by atomic mass is 79.9. The van der Waals surface area contributed by atoms with Crippen LogP contribution in [0, 0.1) is 0 Å². The van der Waals surface area contributed by atoms with Crippen LogP contribution >= 0.6 is 31.9 Å². The average molecular weight is 394 g/mol. The van der Waals surface area contributed by atoms with E-state index in [-0.39, 0.29) is 11.4 Å². The number of aromatic nitrogens is 1. The molecule has 1 heterocycles. The van der Waals surface area contributed by atoms with Crippen LogP contribution in [0.15, 0.2) is 50.5 Å². The normalized spacial score (nSPS) is 11.7. The highest BCUT2D eigenvalue weighted by molar-refractivity contribution is 9.11. The molecular weight excluding hydrogens is 384 g/mol. The Morgan fingerprint density at radius 1 is 1.22 bits per heavy atom. The highest BCUT2D eigenvalue weighted by Crippen LogP contribution is 2.25. The molecule has 18 heavy (non-hydrogen) atoms. The third kappa shape index (κ3) is 3.23. The van der Waals surface area contributed by atoms with E-state index in [1.807, 2.05) is 6.07 Å². The van der Waals surface area contributed by atoms with Crippen molar-refractivity contribution in [3.63, 3.8) is 0 Å². The fourth-order valence-corrected chi connectivity index (χ4v) is 3.93. The maximum atomic E-state index is 12.1. The average Bonchev–Trinajstić information content (AvgIpc) is 2.83. The number of rotatable bonds is 4. The molecule has 96 valence electrons. The van der Waals surface area contributed by atoms with Gasteiger partial charge >= 0.3 is 0 Å². The van der Waals surface area contributed by atoms with Crippen molar-refractivity contribution in [2.24, 2.45) is 0 Å². The quantitative estimate of drug-likeness (QED) is 0.838. The van der Waals surface area contributed by atoms with Crippen LogP contribution in [0.5, 0.6) is 0 Å². The number of hydrogen-bond donors (Lipinski definition) is 2. The van der Waals surface area contributed by atoms with E-state index in [4.69, 9.17) is 0 Å². The molecule has 0 aliphatic carbocycles. The Kier molecular flexibility index (Phi) is 4.26. The van der Waals surface area contributed by atoms with Gasteiger partial charge < -0.3 is 4.98 Å². The smallest absolute Gasteiger partial charge is 0.242 e. The molecule has 2 rings (SSSR count). The molecule has 2 aromatic rings. The SMILES string of the molecule is O=S(=O)(NCc1cc[nH]c1)c1cc(Br)ccc1Br. The minimum atomic E-state index is -3.53. The van der Waals surface area contributed by atoms with Crippen LogP contribution in [0.2, 0.25) is 0 Å². The van der Waals surface area contributed by atoms with E-state index >= 15 is 0 Å². The second kappa shape index (κ2) is 5.56.